The molecule has 0 bridgehead atoms. The molecule has 1 aromatic heterocycles. The highest BCUT2D eigenvalue weighted by Crippen LogP contribution is 2.35. The van der Waals surface area contributed by atoms with Crippen LogP contribution in [0.2, 0.25) is 0 Å². The van der Waals surface area contributed by atoms with Crippen molar-refractivity contribution in [3.63, 3.8) is 0 Å². The van der Waals surface area contributed by atoms with Gasteiger partial charge in [-0.1, -0.05) is 38.6 Å². The van der Waals surface area contributed by atoms with Gasteiger partial charge in [-0.2, -0.15) is 13.2 Å². The van der Waals surface area contributed by atoms with E-state index in [0.29, 0.717) is 5.71 Å². The minimum atomic E-state index is -4.93. The van der Waals surface area contributed by atoms with Crippen LogP contribution >= 0.6 is 21.6 Å². The third-order valence-electron chi connectivity index (χ3n) is 4.75. The van der Waals surface area contributed by atoms with E-state index in [1.165, 1.54) is 27.8 Å². The number of aromatic amines is 1. The number of nitrogens with one attached hydrogen (secondary N) is 2. The number of carbonyl (C=O) groups excluding carboxylic acids is 1. The van der Waals surface area contributed by atoms with Gasteiger partial charge in [0.25, 0.3) is 5.56 Å². The number of aromatic nitrogens is 2. The molecule has 0 radical (unpaired) electrons. The van der Waals surface area contributed by atoms with Crippen molar-refractivity contribution in [2.45, 2.75) is 63.5 Å². The number of ether oxygens (including phenoxy) is 2. The SMILES string of the molecule is CC(C)=NOC1C[C@H](n2cc(C#CCOCSSC(C)(C)CNC(=O)C(F)(F)F)c(=O)[nH]c2=O)O[C@@H]1CO. The molecule has 11 nitrogen and oxygen atoms in total. The molecule has 2 rings (SSSR count). The van der Waals surface area contributed by atoms with Gasteiger partial charge in [-0.15, -0.1) is 0 Å². The molecular formula is C22H29F3N4O7S2. The van der Waals surface area contributed by atoms with Crippen LogP contribution in [0.3, 0.4) is 0 Å². The Hall–Kier alpha value is -2.45. The molecule has 16 heteroatoms. The lowest BCUT2D eigenvalue weighted by Gasteiger charge is -2.23. The molecule has 1 aliphatic rings. The first-order valence-corrected chi connectivity index (χ1v) is 13.6. The second-order valence-electron chi connectivity index (χ2n) is 8.85. The summed E-state index contributed by atoms with van der Waals surface area (Å²) in [5, 5.41) is 15.3. The number of nitrogens with zero attached hydrogens (tertiary/aromatic N) is 2. The maximum atomic E-state index is 12.3. The number of carbonyl (C=O) groups is 1. The smallest absolute Gasteiger partial charge is 0.394 e. The van der Waals surface area contributed by atoms with Gasteiger partial charge in [0, 0.05) is 23.9 Å². The van der Waals surface area contributed by atoms with Crippen molar-refractivity contribution in [1.82, 2.24) is 14.9 Å². The number of aliphatic hydroxyl groups excluding tert-OH is 1. The van der Waals surface area contributed by atoms with Crippen molar-refractivity contribution in [2.75, 3.05) is 25.7 Å². The monoisotopic (exact) mass is 582 g/mol. The molecular weight excluding hydrogens is 553 g/mol. The molecule has 1 unspecified atom stereocenters. The van der Waals surface area contributed by atoms with E-state index in [-0.39, 0.29) is 37.7 Å². The number of H-pyrrole nitrogens is 1. The van der Waals surface area contributed by atoms with Gasteiger partial charge in [0.15, 0.2) is 6.10 Å². The fourth-order valence-corrected chi connectivity index (χ4v) is 5.10. The standard InChI is InChI=1S/C22H29F3N4O7S2/c1-13(2)28-36-15-8-17(35-16(15)10-30)29-9-14(18(31)27-20(29)33)6-5-7-34-12-37-38-21(3,4)11-26-19(32)22(23,24)25/h9,15-17,30H,7-8,10-12H2,1-4H3,(H,26,32)(H,27,31,33)/t15?,16-,17-/m1/s1. The highest BCUT2D eigenvalue weighted by molar-refractivity contribution is 8.77. The van der Waals surface area contributed by atoms with E-state index in [4.69, 9.17) is 14.3 Å². The zero-order valence-electron chi connectivity index (χ0n) is 21.1. The van der Waals surface area contributed by atoms with E-state index in [9.17, 15) is 32.7 Å². The van der Waals surface area contributed by atoms with Gasteiger partial charge in [0.05, 0.1) is 12.3 Å². The lowest BCUT2D eigenvalue weighted by molar-refractivity contribution is -0.173. The first-order valence-electron chi connectivity index (χ1n) is 11.2. The maximum absolute atomic E-state index is 12.3. The molecule has 1 fully saturated rings. The average molecular weight is 583 g/mol. The Balaban J connectivity index is 1.89. The molecule has 212 valence electrons. The second kappa shape index (κ2) is 14.1. The number of alkyl halides is 3. The zero-order valence-corrected chi connectivity index (χ0v) is 22.7. The highest BCUT2D eigenvalue weighted by atomic mass is 33.1. The lowest BCUT2D eigenvalue weighted by atomic mass is 10.2. The number of hydrogen-bond donors (Lipinski definition) is 3. The Kier molecular flexibility index (Phi) is 11.8. The summed E-state index contributed by atoms with van der Waals surface area (Å²) in [6.45, 7) is 6.22. The molecule has 0 saturated carbocycles. The van der Waals surface area contributed by atoms with E-state index in [2.05, 4.69) is 22.0 Å². The van der Waals surface area contributed by atoms with Gasteiger partial charge < -0.3 is 24.7 Å². The number of rotatable bonds is 11. The fraction of sp³-hybridized carbons (Fsp3) is 0.636. The number of amides is 1. The zero-order chi connectivity index (χ0) is 28.5. The van der Waals surface area contributed by atoms with Crippen molar-refractivity contribution in [3.8, 4) is 11.8 Å². The first-order chi connectivity index (χ1) is 17.7. The Morgan fingerprint density at radius 1 is 1.37 bits per heavy atom. The summed E-state index contributed by atoms with van der Waals surface area (Å²) in [7, 11) is 2.45. The minimum Gasteiger partial charge on any atom is -0.394 e. The van der Waals surface area contributed by atoms with Gasteiger partial charge >= 0.3 is 17.8 Å². The van der Waals surface area contributed by atoms with Gasteiger partial charge in [0.2, 0.25) is 0 Å². The second-order valence-corrected chi connectivity index (χ2v) is 11.8. The van der Waals surface area contributed by atoms with Crippen LogP contribution in [0.15, 0.2) is 20.9 Å². The van der Waals surface area contributed by atoms with Crippen LogP contribution in [0.4, 0.5) is 13.2 Å². The fourth-order valence-electron chi connectivity index (χ4n) is 2.97. The van der Waals surface area contributed by atoms with Crippen molar-refractivity contribution in [3.05, 3.63) is 32.6 Å². The maximum Gasteiger partial charge on any atom is 0.471 e. The van der Waals surface area contributed by atoms with Crippen molar-refractivity contribution in [1.29, 1.82) is 0 Å². The topological polar surface area (TPSA) is 144 Å². The molecule has 38 heavy (non-hydrogen) atoms. The molecule has 2 heterocycles. The van der Waals surface area contributed by atoms with Crippen LogP contribution in [-0.4, -0.2) is 75.1 Å². The van der Waals surface area contributed by atoms with Gasteiger partial charge in [-0.25, -0.2) is 4.79 Å². The molecule has 0 spiro atoms. The van der Waals surface area contributed by atoms with E-state index >= 15 is 0 Å². The number of aliphatic hydroxyl groups is 1. The number of hydrogen-bond acceptors (Lipinski definition) is 10. The summed E-state index contributed by atoms with van der Waals surface area (Å²) in [6, 6.07) is 0. The van der Waals surface area contributed by atoms with Gasteiger partial charge in [0.1, 0.15) is 30.4 Å². The van der Waals surface area contributed by atoms with Crippen LogP contribution in [0.1, 0.15) is 45.9 Å². The van der Waals surface area contributed by atoms with E-state index in [1.807, 2.05) is 5.32 Å². The van der Waals surface area contributed by atoms with Crippen LogP contribution < -0.4 is 16.6 Å². The first kappa shape index (κ1) is 31.8. The van der Waals surface area contributed by atoms with Crippen molar-refractivity contribution < 1.29 is 37.4 Å². The minimum absolute atomic E-state index is 0.00675. The summed E-state index contributed by atoms with van der Waals surface area (Å²) < 4.78 is 48.4. The lowest BCUT2D eigenvalue weighted by Crippen LogP contribution is -2.42. The van der Waals surface area contributed by atoms with E-state index in [1.54, 1.807) is 27.7 Å². The van der Waals surface area contributed by atoms with Crippen molar-refractivity contribution in [2.24, 2.45) is 5.16 Å². The Morgan fingerprint density at radius 3 is 2.71 bits per heavy atom. The number of oxime groups is 1. The Bertz CT molecular complexity index is 1170. The summed E-state index contributed by atoms with van der Waals surface area (Å²) in [5.74, 6) is 3.44. The van der Waals surface area contributed by atoms with E-state index in [0.717, 1.165) is 4.57 Å². The van der Waals surface area contributed by atoms with Gasteiger partial charge in [-0.3, -0.25) is 19.1 Å². The van der Waals surface area contributed by atoms with Gasteiger partial charge in [-0.05, 0) is 27.7 Å². The largest absolute Gasteiger partial charge is 0.471 e. The molecule has 0 aliphatic carbocycles. The average Bonchev–Trinajstić information content (AvgIpc) is 3.24. The highest BCUT2D eigenvalue weighted by Gasteiger charge is 2.40. The van der Waals surface area contributed by atoms with Crippen molar-refractivity contribution >= 4 is 33.2 Å². The molecule has 1 amide bonds. The predicted octanol–water partition coefficient (Wildman–Crippen LogP) is 1.76. The Morgan fingerprint density at radius 2 is 2.08 bits per heavy atom. The van der Waals surface area contributed by atoms with Crippen LogP contribution in [0, 0.1) is 11.8 Å². The molecule has 3 N–H and O–H groups in total. The van der Waals surface area contributed by atoms with Crippen LogP contribution in [0.5, 0.6) is 0 Å². The molecule has 1 aromatic rings. The van der Waals surface area contributed by atoms with E-state index < -0.39 is 46.5 Å². The summed E-state index contributed by atoms with van der Waals surface area (Å²) in [6.07, 6.45) is -5.60. The molecule has 0 aromatic carbocycles. The normalized spacial score (nSPS) is 19.4. The summed E-state index contributed by atoms with van der Waals surface area (Å²) >= 11 is 0. The predicted molar refractivity (Wildman–Crippen MR) is 137 cm³/mol. The summed E-state index contributed by atoms with van der Waals surface area (Å²) in [5.41, 5.74) is -0.743. The van der Waals surface area contributed by atoms with Crippen LogP contribution in [0.25, 0.3) is 0 Å². The molecule has 1 saturated heterocycles. The summed E-state index contributed by atoms with van der Waals surface area (Å²) in [4.78, 5) is 43.0. The number of halogens is 3. The quantitative estimate of drug-likeness (QED) is 0.0888. The molecule has 1 aliphatic heterocycles. The third-order valence-corrected chi connectivity index (χ3v) is 7.73. The van der Waals surface area contributed by atoms with Crippen LogP contribution in [-0.2, 0) is 19.1 Å². The third kappa shape index (κ3) is 10.0. The molecule has 3 atom stereocenters. The Labute approximate surface area is 224 Å².